The maximum atomic E-state index is 13.3. The van der Waals surface area contributed by atoms with Gasteiger partial charge in [0.1, 0.15) is 12.8 Å². The van der Waals surface area contributed by atoms with Gasteiger partial charge in [0.15, 0.2) is 0 Å². The standard InChI is InChI=1S/C20H24FN3O4S/c1-12(24-29(27)28)17-9-8-16(11-22-17)13-2-4-14(5-3-13)19(25)18(10-21)23-20(26)15-6-7-15/h2-5,8-9,11-12,15,18-19,24-25H,6-7,10H2,1H3,(H,23,26)(H,27,28)/p-1/t12?,18-,19+/m1/s1. The Labute approximate surface area is 171 Å². The Kier molecular flexibility index (Phi) is 7.07. The van der Waals surface area contributed by atoms with Crippen molar-refractivity contribution < 1.29 is 23.1 Å². The van der Waals surface area contributed by atoms with Crippen LogP contribution in [0.3, 0.4) is 0 Å². The highest BCUT2D eigenvalue weighted by molar-refractivity contribution is 7.77. The molecule has 0 radical (unpaired) electrons. The smallest absolute Gasteiger partial charge is 0.223 e. The van der Waals surface area contributed by atoms with Gasteiger partial charge in [-0.25, -0.2) is 9.11 Å². The average molecular weight is 420 g/mol. The second-order valence-electron chi connectivity index (χ2n) is 7.16. The number of carbonyl (C=O) groups excluding carboxylic acids is 1. The molecule has 1 aliphatic carbocycles. The van der Waals surface area contributed by atoms with E-state index < -0.39 is 36.1 Å². The van der Waals surface area contributed by atoms with Gasteiger partial charge in [-0.2, -0.15) is 0 Å². The Morgan fingerprint density at radius 1 is 1.28 bits per heavy atom. The van der Waals surface area contributed by atoms with Crippen molar-refractivity contribution in [2.45, 2.75) is 38.0 Å². The van der Waals surface area contributed by atoms with Crippen LogP contribution in [0.25, 0.3) is 11.1 Å². The molecule has 29 heavy (non-hydrogen) atoms. The van der Waals surface area contributed by atoms with Gasteiger partial charge in [-0.05, 0) is 37.0 Å². The van der Waals surface area contributed by atoms with Gasteiger partial charge in [-0.15, -0.1) is 0 Å². The summed E-state index contributed by atoms with van der Waals surface area (Å²) >= 11 is -2.37. The number of alkyl halides is 1. The van der Waals surface area contributed by atoms with E-state index in [1.54, 1.807) is 43.5 Å². The number of carbonyl (C=O) groups is 1. The van der Waals surface area contributed by atoms with E-state index in [1.165, 1.54) is 0 Å². The zero-order valence-electron chi connectivity index (χ0n) is 15.9. The highest BCUT2D eigenvalue weighted by Crippen LogP contribution is 2.30. The first-order valence-corrected chi connectivity index (χ1v) is 10.4. The third kappa shape index (κ3) is 5.66. The number of hydrogen-bond acceptors (Lipinski definition) is 5. The molecule has 0 aliphatic heterocycles. The molecule has 1 fully saturated rings. The molecule has 1 heterocycles. The third-order valence-corrected chi connectivity index (χ3v) is 5.46. The van der Waals surface area contributed by atoms with Crippen LogP contribution in [0.2, 0.25) is 0 Å². The minimum absolute atomic E-state index is 0.0550. The second kappa shape index (κ2) is 9.53. The number of nitrogens with zero attached hydrogens (tertiary/aromatic N) is 1. The van der Waals surface area contributed by atoms with Crippen LogP contribution in [-0.2, 0) is 16.1 Å². The zero-order chi connectivity index (χ0) is 21.0. The molecule has 3 N–H and O–H groups in total. The minimum Gasteiger partial charge on any atom is -0.760 e. The number of benzene rings is 1. The van der Waals surface area contributed by atoms with Gasteiger partial charge in [0.05, 0.1) is 17.8 Å². The first kappa shape index (κ1) is 21.5. The Hall–Kier alpha value is -2.20. The summed E-state index contributed by atoms with van der Waals surface area (Å²) in [7, 11) is 0. The lowest BCUT2D eigenvalue weighted by atomic mass is 9.99. The SMILES string of the molecule is CC(NS(=O)[O-])c1ccc(-c2ccc([C@H](O)[C@@H](CF)NC(=O)C3CC3)cc2)cn1. The number of aliphatic hydroxyl groups excluding tert-OH is 1. The van der Waals surface area contributed by atoms with Crippen LogP contribution < -0.4 is 10.0 Å². The summed E-state index contributed by atoms with van der Waals surface area (Å²) < 4.78 is 37.1. The second-order valence-corrected chi connectivity index (χ2v) is 7.86. The highest BCUT2D eigenvalue weighted by atomic mass is 32.2. The molecule has 1 saturated carbocycles. The summed E-state index contributed by atoms with van der Waals surface area (Å²) in [5, 5.41) is 13.0. The predicted molar refractivity (Wildman–Crippen MR) is 106 cm³/mol. The van der Waals surface area contributed by atoms with Crippen LogP contribution in [0.15, 0.2) is 42.6 Å². The molecule has 1 amide bonds. The van der Waals surface area contributed by atoms with Crippen molar-refractivity contribution in [2.24, 2.45) is 5.92 Å². The molecule has 1 aromatic carbocycles. The van der Waals surface area contributed by atoms with E-state index in [1.807, 2.05) is 6.07 Å². The van der Waals surface area contributed by atoms with Crippen molar-refractivity contribution in [2.75, 3.05) is 6.67 Å². The van der Waals surface area contributed by atoms with E-state index in [2.05, 4.69) is 15.0 Å². The molecule has 9 heteroatoms. The fraction of sp³-hybridized carbons (Fsp3) is 0.400. The molecular weight excluding hydrogens is 397 g/mol. The lowest BCUT2D eigenvalue weighted by Gasteiger charge is -2.22. The van der Waals surface area contributed by atoms with Crippen LogP contribution in [0.1, 0.15) is 43.2 Å². The Balaban J connectivity index is 1.67. The fourth-order valence-electron chi connectivity index (χ4n) is 2.99. The molecule has 2 aromatic rings. The van der Waals surface area contributed by atoms with E-state index in [0.29, 0.717) is 11.3 Å². The number of halogens is 1. The number of aromatic nitrogens is 1. The van der Waals surface area contributed by atoms with Gasteiger partial charge in [-0.1, -0.05) is 30.3 Å². The first-order chi connectivity index (χ1) is 13.9. The summed E-state index contributed by atoms with van der Waals surface area (Å²) in [6.07, 6.45) is 2.11. The number of rotatable bonds is 9. The van der Waals surface area contributed by atoms with Gasteiger partial charge in [0.25, 0.3) is 0 Å². The molecule has 0 bridgehead atoms. The Morgan fingerprint density at radius 2 is 1.93 bits per heavy atom. The van der Waals surface area contributed by atoms with Gasteiger partial charge < -0.3 is 15.0 Å². The van der Waals surface area contributed by atoms with E-state index in [-0.39, 0.29) is 11.8 Å². The van der Waals surface area contributed by atoms with Crippen molar-refractivity contribution in [3.05, 3.63) is 53.9 Å². The Bertz CT molecular complexity index is 859. The average Bonchev–Trinajstić information content (AvgIpc) is 3.56. The Morgan fingerprint density at radius 3 is 2.45 bits per heavy atom. The number of aliphatic hydroxyl groups is 1. The molecule has 4 atom stereocenters. The first-order valence-electron chi connectivity index (χ1n) is 9.35. The van der Waals surface area contributed by atoms with E-state index in [0.717, 1.165) is 24.0 Å². The number of nitrogens with one attached hydrogen (secondary N) is 2. The lowest BCUT2D eigenvalue weighted by Crippen LogP contribution is -2.41. The van der Waals surface area contributed by atoms with Gasteiger partial charge in [-0.3, -0.25) is 14.0 Å². The van der Waals surface area contributed by atoms with Gasteiger partial charge in [0, 0.05) is 28.9 Å². The van der Waals surface area contributed by atoms with Crippen LogP contribution >= 0.6 is 0 Å². The topological polar surface area (TPSA) is 114 Å². The molecule has 3 rings (SSSR count). The molecular formula is C20H23FN3O4S-. The quantitative estimate of drug-likeness (QED) is 0.538. The summed E-state index contributed by atoms with van der Waals surface area (Å²) in [5.74, 6) is -0.264. The lowest BCUT2D eigenvalue weighted by molar-refractivity contribution is -0.124. The van der Waals surface area contributed by atoms with Gasteiger partial charge >= 0.3 is 0 Å². The molecule has 1 aromatic heterocycles. The number of pyridine rings is 1. The van der Waals surface area contributed by atoms with Crippen LogP contribution in [0, 0.1) is 5.92 Å². The summed E-state index contributed by atoms with van der Waals surface area (Å²) in [6.45, 7) is 0.838. The molecule has 1 aliphatic rings. The largest absolute Gasteiger partial charge is 0.760 e. The maximum Gasteiger partial charge on any atom is 0.223 e. The monoisotopic (exact) mass is 420 g/mol. The number of amides is 1. The third-order valence-electron chi connectivity index (χ3n) is 4.91. The van der Waals surface area contributed by atoms with Crippen molar-refractivity contribution >= 4 is 17.2 Å². The van der Waals surface area contributed by atoms with E-state index in [4.69, 9.17) is 0 Å². The molecule has 156 valence electrons. The highest BCUT2D eigenvalue weighted by Gasteiger charge is 2.33. The molecule has 0 saturated heterocycles. The summed E-state index contributed by atoms with van der Waals surface area (Å²) in [6, 6.07) is 9.06. The van der Waals surface area contributed by atoms with E-state index >= 15 is 0 Å². The molecule has 2 unspecified atom stereocenters. The summed E-state index contributed by atoms with van der Waals surface area (Å²) in [5.41, 5.74) is 2.75. The van der Waals surface area contributed by atoms with Crippen LogP contribution in [-0.4, -0.2) is 37.5 Å². The van der Waals surface area contributed by atoms with Gasteiger partial charge in [0.2, 0.25) is 5.91 Å². The van der Waals surface area contributed by atoms with Crippen LogP contribution in [0.4, 0.5) is 4.39 Å². The van der Waals surface area contributed by atoms with Crippen molar-refractivity contribution in [1.82, 2.24) is 15.0 Å². The normalized spacial score (nSPS) is 17.9. The fourth-order valence-corrected chi connectivity index (χ4v) is 3.40. The van der Waals surface area contributed by atoms with Crippen molar-refractivity contribution in [3.63, 3.8) is 0 Å². The zero-order valence-corrected chi connectivity index (χ0v) is 16.7. The minimum atomic E-state index is -2.37. The van der Waals surface area contributed by atoms with Crippen LogP contribution in [0.5, 0.6) is 0 Å². The maximum absolute atomic E-state index is 13.3. The number of hydrogen-bond donors (Lipinski definition) is 3. The van der Waals surface area contributed by atoms with Crippen molar-refractivity contribution in [3.8, 4) is 11.1 Å². The molecule has 7 nitrogen and oxygen atoms in total. The summed E-state index contributed by atoms with van der Waals surface area (Å²) in [4.78, 5) is 16.1. The van der Waals surface area contributed by atoms with E-state index in [9.17, 15) is 23.1 Å². The predicted octanol–water partition coefficient (Wildman–Crippen LogP) is 2.09. The molecule has 0 spiro atoms. The van der Waals surface area contributed by atoms with Crippen molar-refractivity contribution in [1.29, 1.82) is 0 Å².